The zero-order chi connectivity index (χ0) is 21.1. The molecule has 0 aromatic carbocycles. The molecule has 1 aliphatic heterocycles. The van der Waals surface area contributed by atoms with Gasteiger partial charge in [-0.2, -0.15) is 5.26 Å². The molecule has 154 valence electrons. The fourth-order valence-corrected chi connectivity index (χ4v) is 3.82. The van der Waals surface area contributed by atoms with E-state index in [2.05, 4.69) is 20.1 Å². The highest BCUT2D eigenvalue weighted by Gasteiger charge is 2.19. The number of aromatic nitrogens is 4. The van der Waals surface area contributed by atoms with Crippen molar-refractivity contribution in [3.8, 4) is 6.07 Å². The highest BCUT2D eigenvalue weighted by Crippen LogP contribution is 2.22. The van der Waals surface area contributed by atoms with Crippen LogP contribution in [0.3, 0.4) is 0 Å². The fourth-order valence-electron chi connectivity index (χ4n) is 3.82. The van der Waals surface area contributed by atoms with Crippen LogP contribution in [0.5, 0.6) is 0 Å². The summed E-state index contributed by atoms with van der Waals surface area (Å²) in [6, 6.07) is 9.60. The molecular formula is C22H24N6O2. The highest BCUT2D eigenvalue weighted by atomic mass is 16.5. The van der Waals surface area contributed by atoms with Crippen LogP contribution < -0.4 is 5.32 Å². The van der Waals surface area contributed by atoms with Crippen molar-refractivity contribution in [1.29, 1.82) is 5.26 Å². The third-order valence-electron chi connectivity index (χ3n) is 5.48. The number of nitrogens with zero attached hydrogens (tertiary/aromatic N) is 5. The van der Waals surface area contributed by atoms with Gasteiger partial charge in [0.05, 0.1) is 12.6 Å². The van der Waals surface area contributed by atoms with Gasteiger partial charge in [0.25, 0.3) is 5.91 Å². The first-order valence-corrected chi connectivity index (χ1v) is 10.0. The zero-order valence-corrected chi connectivity index (χ0v) is 17.1. The minimum Gasteiger partial charge on any atom is -0.376 e. The Labute approximate surface area is 174 Å². The summed E-state index contributed by atoms with van der Waals surface area (Å²) in [4.78, 5) is 12.6. The van der Waals surface area contributed by atoms with E-state index in [0.29, 0.717) is 11.5 Å². The van der Waals surface area contributed by atoms with E-state index < -0.39 is 5.91 Å². The fraction of sp³-hybridized carbons (Fsp3) is 0.364. The number of amides is 1. The van der Waals surface area contributed by atoms with Crippen molar-refractivity contribution in [3.05, 3.63) is 58.8 Å². The van der Waals surface area contributed by atoms with Crippen LogP contribution in [-0.4, -0.2) is 37.8 Å². The molecule has 3 aromatic rings. The largest absolute Gasteiger partial charge is 0.376 e. The first-order chi connectivity index (χ1) is 14.6. The van der Waals surface area contributed by atoms with Crippen LogP contribution in [0.2, 0.25) is 0 Å². The summed E-state index contributed by atoms with van der Waals surface area (Å²) in [7, 11) is 0. The maximum atomic E-state index is 12.6. The van der Waals surface area contributed by atoms with Crippen LogP contribution >= 0.6 is 0 Å². The van der Waals surface area contributed by atoms with Crippen molar-refractivity contribution in [2.75, 3.05) is 6.61 Å². The molecule has 4 heterocycles. The average molecular weight is 404 g/mol. The number of rotatable bonds is 6. The Kier molecular flexibility index (Phi) is 5.63. The van der Waals surface area contributed by atoms with Gasteiger partial charge in [0.1, 0.15) is 11.6 Å². The third kappa shape index (κ3) is 3.98. The van der Waals surface area contributed by atoms with E-state index in [1.807, 2.05) is 50.4 Å². The number of carbonyl (C=O) groups is 1. The smallest absolute Gasteiger partial charge is 0.262 e. The summed E-state index contributed by atoms with van der Waals surface area (Å²) in [6.45, 7) is 5.82. The number of hydrogen-bond acceptors (Lipinski definition) is 5. The van der Waals surface area contributed by atoms with Crippen LogP contribution in [0.25, 0.3) is 11.7 Å². The van der Waals surface area contributed by atoms with Gasteiger partial charge in [-0.05, 0) is 56.5 Å². The zero-order valence-electron chi connectivity index (χ0n) is 17.1. The molecular weight excluding hydrogens is 380 g/mol. The molecule has 8 heteroatoms. The number of nitriles is 1. The quantitative estimate of drug-likeness (QED) is 0.503. The van der Waals surface area contributed by atoms with Gasteiger partial charge in [0.2, 0.25) is 0 Å². The Morgan fingerprint density at radius 1 is 1.40 bits per heavy atom. The maximum Gasteiger partial charge on any atom is 0.262 e. The van der Waals surface area contributed by atoms with Crippen molar-refractivity contribution in [2.24, 2.45) is 0 Å². The Hall–Kier alpha value is -3.44. The standard InChI is InChI=1S/C22H24N6O2/c1-15-10-17(16(2)28(15)14-19-6-5-9-30-19)11-18(12-23)22(29)24-13-21-26-25-20-7-3-4-8-27(20)21/h3-4,7-8,10-11,19H,5-6,9,13-14H2,1-2H3,(H,24,29)/b18-11+. The van der Waals surface area contributed by atoms with Crippen LogP contribution in [-0.2, 0) is 22.6 Å². The van der Waals surface area contributed by atoms with E-state index in [-0.39, 0.29) is 18.2 Å². The summed E-state index contributed by atoms with van der Waals surface area (Å²) >= 11 is 0. The van der Waals surface area contributed by atoms with Crippen molar-refractivity contribution < 1.29 is 9.53 Å². The van der Waals surface area contributed by atoms with E-state index in [0.717, 1.165) is 42.9 Å². The monoisotopic (exact) mass is 404 g/mol. The van der Waals surface area contributed by atoms with E-state index in [4.69, 9.17) is 4.74 Å². The molecule has 30 heavy (non-hydrogen) atoms. The number of carbonyl (C=O) groups excluding carboxylic acids is 1. The maximum absolute atomic E-state index is 12.6. The Morgan fingerprint density at radius 3 is 3.03 bits per heavy atom. The van der Waals surface area contributed by atoms with Gasteiger partial charge in [0, 0.05) is 30.7 Å². The molecule has 1 aliphatic rings. The second-order valence-electron chi connectivity index (χ2n) is 7.47. The molecule has 4 rings (SSSR count). The van der Waals surface area contributed by atoms with Gasteiger partial charge < -0.3 is 14.6 Å². The Bertz CT molecular complexity index is 1140. The van der Waals surface area contributed by atoms with E-state index in [9.17, 15) is 10.1 Å². The minimum atomic E-state index is -0.436. The summed E-state index contributed by atoms with van der Waals surface area (Å²) in [6.07, 6.45) is 5.86. The normalized spacial score (nSPS) is 16.7. The molecule has 1 atom stereocenters. The number of pyridine rings is 1. The first-order valence-electron chi connectivity index (χ1n) is 10.0. The van der Waals surface area contributed by atoms with Crippen LogP contribution in [0.15, 0.2) is 36.0 Å². The van der Waals surface area contributed by atoms with Gasteiger partial charge >= 0.3 is 0 Å². The van der Waals surface area contributed by atoms with E-state index in [1.165, 1.54) is 0 Å². The second kappa shape index (κ2) is 8.51. The third-order valence-corrected chi connectivity index (χ3v) is 5.48. The molecule has 1 fully saturated rings. The minimum absolute atomic E-state index is 0.0567. The Morgan fingerprint density at radius 2 is 2.27 bits per heavy atom. The topological polar surface area (TPSA) is 97.2 Å². The molecule has 0 saturated carbocycles. The van der Waals surface area contributed by atoms with Gasteiger partial charge in [0.15, 0.2) is 11.5 Å². The second-order valence-corrected chi connectivity index (χ2v) is 7.47. The lowest BCUT2D eigenvalue weighted by atomic mass is 10.1. The summed E-state index contributed by atoms with van der Waals surface area (Å²) in [5, 5.41) is 20.5. The average Bonchev–Trinajstić information content (AvgIpc) is 3.47. The molecule has 1 unspecified atom stereocenters. The molecule has 3 aromatic heterocycles. The molecule has 0 spiro atoms. The van der Waals surface area contributed by atoms with Gasteiger partial charge in [-0.1, -0.05) is 6.07 Å². The molecule has 1 saturated heterocycles. The molecule has 0 radical (unpaired) electrons. The summed E-state index contributed by atoms with van der Waals surface area (Å²) in [5.74, 6) is 0.167. The van der Waals surface area contributed by atoms with E-state index >= 15 is 0 Å². The van der Waals surface area contributed by atoms with Crippen LogP contribution in [0.1, 0.15) is 35.6 Å². The summed E-state index contributed by atoms with van der Waals surface area (Å²) < 4.78 is 9.74. The lowest BCUT2D eigenvalue weighted by Gasteiger charge is -2.14. The van der Waals surface area contributed by atoms with Crippen molar-refractivity contribution >= 4 is 17.6 Å². The number of hydrogen-bond donors (Lipinski definition) is 1. The number of nitrogens with one attached hydrogen (secondary N) is 1. The molecule has 1 amide bonds. The first kappa shape index (κ1) is 19.9. The predicted molar refractivity (Wildman–Crippen MR) is 111 cm³/mol. The van der Waals surface area contributed by atoms with Gasteiger partial charge in [-0.3, -0.25) is 9.20 Å². The van der Waals surface area contributed by atoms with Crippen molar-refractivity contribution in [3.63, 3.8) is 0 Å². The molecule has 0 bridgehead atoms. The highest BCUT2D eigenvalue weighted by molar-refractivity contribution is 6.01. The SMILES string of the molecule is Cc1cc(/C=C(\C#N)C(=O)NCc2nnc3ccccn23)c(C)n1CC1CCCO1. The van der Waals surface area contributed by atoms with Crippen LogP contribution in [0.4, 0.5) is 0 Å². The lowest BCUT2D eigenvalue weighted by molar-refractivity contribution is -0.117. The van der Waals surface area contributed by atoms with Crippen molar-refractivity contribution in [2.45, 2.75) is 45.9 Å². The van der Waals surface area contributed by atoms with Crippen molar-refractivity contribution in [1.82, 2.24) is 24.5 Å². The molecule has 8 nitrogen and oxygen atoms in total. The molecule has 0 aliphatic carbocycles. The van der Waals surface area contributed by atoms with Crippen LogP contribution in [0, 0.1) is 25.2 Å². The van der Waals surface area contributed by atoms with Gasteiger partial charge in [-0.15, -0.1) is 10.2 Å². The van der Waals surface area contributed by atoms with Gasteiger partial charge in [-0.25, -0.2) is 0 Å². The lowest BCUT2D eigenvalue weighted by Crippen LogP contribution is -2.25. The Balaban J connectivity index is 1.49. The summed E-state index contributed by atoms with van der Waals surface area (Å²) in [5.41, 5.74) is 3.73. The number of ether oxygens (including phenoxy) is 1. The number of fused-ring (bicyclic) bond motifs is 1. The predicted octanol–water partition coefficient (Wildman–Crippen LogP) is 2.55. The van der Waals surface area contributed by atoms with E-state index in [1.54, 1.807) is 10.5 Å². The molecule has 1 N–H and O–H groups in total. The number of aryl methyl sites for hydroxylation is 1.